The number of hydrogen-bond donors (Lipinski definition) is 3. The maximum atomic E-state index is 12.3. The Kier molecular flexibility index (Phi) is 4.76. The zero-order valence-corrected chi connectivity index (χ0v) is 13.7. The second-order valence-electron chi connectivity index (χ2n) is 6.82. The second kappa shape index (κ2) is 6.79. The summed E-state index contributed by atoms with van der Waals surface area (Å²) >= 11 is 0. The number of rotatable bonds is 6. The molecule has 1 aromatic carbocycles. The van der Waals surface area contributed by atoms with Crippen LogP contribution in [0.5, 0.6) is 5.75 Å². The summed E-state index contributed by atoms with van der Waals surface area (Å²) in [7, 11) is 0. The van der Waals surface area contributed by atoms with Gasteiger partial charge in [0.15, 0.2) is 0 Å². The summed E-state index contributed by atoms with van der Waals surface area (Å²) in [6, 6.07) is 5.59. The van der Waals surface area contributed by atoms with E-state index in [1.165, 1.54) is 6.42 Å². The van der Waals surface area contributed by atoms with Crippen molar-refractivity contribution in [1.82, 2.24) is 5.32 Å². The van der Waals surface area contributed by atoms with Crippen LogP contribution in [0, 0.1) is 11.3 Å². The molecule has 1 unspecified atom stereocenters. The third-order valence-corrected chi connectivity index (χ3v) is 5.55. The summed E-state index contributed by atoms with van der Waals surface area (Å²) < 4.78 is 5.52. The lowest BCUT2D eigenvalue weighted by Crippen LogP contribution is -2.47. The Morgan fingerprint density at radius 2 is 2.26 bits per heavy atom. The van der Waals surface area contributed by atoms with E-state index in [9.17, 15) is 4.79 Å². The first kappa shape index (κ1) is 16.1. The Morgan fingerprint density at radius 3 is 2.96 bits per heavy atom. The van der Waals surface area contributed by atoms with Crippen molar-refractivity contribution in [3.8, 4) is 5.75 Å². The normalized spacial score (nSPS) is 19.2. The van der Waals surface area contributed by atoms with Gasteiger partial charge in [0.1, 0.15) is 5.75 Å². The predicted molar refractivity (Wildman–Crippen MR) is 89.8 cm³/mol. The molecule has 1 atom stereocenters. The van der Waals surface area contributed by atoms with E-state index in [1.54, 1.807) is 0 Å². The molecule has 2 amide bonds. The van der Waals surface area contributed by atoms with Crippen molar-refractivity contribution in [2.75, 3.05) is 25.1 Å². The molecule has 0 bridgehead atoms. The maximum Gasteiger partial charge on any atom is 0.319 e. The lowest BCUT2D eigenvalue weighted by atomic mass is 9.60. The van der Waals surface area contributed by atoms with Gasteiger partial charge < -0.3 is 20.5 Å². The molecule has 5 nitrogen and oxygen atoms in total. The molecule has 1 saturated carbocycles. The predicted octanol–water partition coefficient (Wildman–Crippen LogP) is 2.93. The van der Waals surface area contributed by atoms with E-state index in [-0.39, 0.29) is 18.1 Å². The van der Waals surface area contributed by atoms with Crippen molar-refractivity contribution in [3.05, 3.63) is 23.8 Å². The van der Waals surface area contributed by atoms with Crippen LogP contribution < -0.4 is 15.4 Å². The van der Waals surface area contributed by atoms with Gasteiger partial charge in [0, 0.05) is 30.8 Å². The Balaban J connectivity index is 1.57. The van der Waals surface area contributed by atoms with E-state index >= 15 is 0 Å². The average Bonchev–Trinajstić information content (AvgIpc) is 2.96. The first-order valence-corrected chi connectivity index (χ1v) is 8.55. The lowest BCUT2D eigenvalue weighted by Gasteiger charge is -2.46. The van der Waals surface area contributed by atoms with Gasteiger partial charge in [-0.2, -0.15) is 0 Å². The standard InChI is InChI=1S/C18H26N2O3/c1-13(6-10-21)18(8-3-9-18)12-19-17(22)20-15-4-2-5-16-14(15)7-11-23-16/h2,4-5,13,21H,3,6-12H2,1H3,(H2,19,20,22). The summed E-state index contributed by atoms with van der Waals surface area (Å²) in [5.74, 6) is 1.30. The lowest BCUT2D eigenvalue weighted by molar-refractivity contribution is 0.0462. The van der Waals surface area contributed by atoms with Crippen LogP contribution in [-0.4, -0.2) is 30.9 Å². The smallest absolute Gasteiger partial charge is 0.319 e. The fraction of sp³-hybridized carbons (Fsp3) is 0.611. The molecule has 1 heterocycles. The molecule has 0 spiro atoms. The van der Waals surface area contributed by atoms with E-state index in [4.69, 9.17) is 9.84 Å². The molecule has 126 valence electrons. The number of nitrogens with one attached hydrogen (secondary N) is 2. The first-order valence-electron chi connectivity index (χ1n) is 8.55. The Morgan fingerprint density at radius 1 is 1.43 bits per heavy atom. The summed E-state index contributed by atoms with van der Waals surface area (Å²) in [6.07, 6.45) is 5.10. The fourth-order valence-corrected chi connectivity index (χ4v) is 3.74. The molecule has 1 aliphatic carbocycles. The molecule has 5 heteroatoms. The second-order valence-corrected chi connectivity index (χ2v) is 6.82. The molecule has 2 aliphatic rings. The monoisotopic (exact) mass is 318 g/mol. The molecule has 0 saturated heterocycles. The molecule has 23 heavy (non-hydrogen) atoms. The number of aliphatic hydroxyl groups is 1. The van der Waals surface area contributed by atoms with Crippen LogP contribution in [-0.2, 0) is 6.42 Å². The number of fused-ring (bicyclic) bond motifs is 1. The topological polar surface area (TPSA) is 70.6 Å². The highest BCUT2D eigenvalue weighted by Crippen LogP contribution is 2.47. The van der Waals surface area contributed by atoms with Crippen molar-refractivity contribution in [2.45, 2.75) is 39.0 Å². The van der Waals surface area contributed by atoms with Crippen molar-refractivity contribution < 1.29 is 14.6 Å². The molecule has 3 N–H and O–H groups in total. The van der Waals surface area contributed by atoms with Gasteiger partial charge in [-0.1, -0.05) is 19.4 Å². The minimum atomic E-state index is -0.159. The van der Waals surface area contributed by atoms with Crippen molar-refractivity contribution >= 4 is 11.7 Å². The molecule has 1 aliphatic heterocycles. The number of ether oxygens (including phenoxy) is 1. The van der Waals surface area contributed by atoms with E-state index in [0.29, 0.717) is 19.1 Å². The van der Waals surface area contributed by atoms with Crippen LogP contribution in [0.2, 0.25) is 0 Å². The molecular formula is C18H26N2O3. The highest BCUT2D eigenvalue weighted by molar-refractivity contribution is 5.90. The Bertz CT molecular complexity index is 569. The SMILES string of the molecule is CC(CCO)C1(CNC(=O)Nc2cccc3c2CCO3)CCC1. The third-order valence-electron chi connectivity index (χ3n) is 5.55. The molecular weight excluding hydrogens is 292 g/mol. The first-order chi connectivity index (χ1) is 11.1. The maximum absolute atomic E-state index is 12.3. The number of carbonyl (C=O) groups is 1. The quantitative estimate of drug-likeness (QED) is 0.755. The van der Waals surface area contributed by atoms with Gasteiger partial charge in [-0.05, 0) is 42.7 Å². The highest BCUT2D eigenvalue weighted by Gasteiger charge is 2.41. The van der Waals surface area contributed by atoms with Gasteiger partial charge in [0.05, 0.1) is 6.61 Å². The van der Waals surface area contributed by atoms with Crippen LogP contribution >= 0.6 is 0 Å². The number of urea groups is 1. The van der Waals surface area contributed by atoms with E-state index in [1.807, 2.05) is 18.2 Å². The number of aliphatic hydroxyl groups excluding tert-OH is 1. The Hall–Kier alpha value is -1.75. The average molecular weight is 318 g/mol. The fourth-order valence-electron chi connectivity index (χ4n) is 3.74. The Labute approximate surface area is 137 Å². The molecule has 0 radical (unpaired) electrons. The van der Waals surface area contributed by atoms with Gasteiger partial charge in [-0.15, -0.1) is 0 Å². The number of benzene rings is 1. The molecule has 1 fully saturated rings. The third kappa shape index (κ3) is 3.29. The largest absolute Gasteiger partial charge is 0.493 e. The van der Waals surface area contributed by atoms with Crippen molar-refractivity contribution in [2.24, 2.45) is 11.3 Å². The number of hydrogen-bond acceptors (Lipinski definition) is 3. The molecule has 1 aromatic rings. The summed E-state index contributed by atoms with van der Waals surface area (Å²) in [4.78, 5) is 12.3. The zero-order valence-electron chi connectivity index (χ0n) is 13.7. The summed E-state index contributed by atoms with van der Waals surface area (Å²) in [5.41, 5.74) is 2.07. The van der Waals surface area contributed by atoms with Crippen LogP contribution in [0.15, 0.2) is 18.2 Å². The number of carbonyl (C=O) groups excluding carboxylic acids is 1. The van der Waals surface area contributed by atoms with Crippen LogP contribution in [0.4, 0.5) is 10.5 Å². The summed E-state index contributed by atoms with van der Waals surface area (Å²) in [5, 5.41) is 15.2. The van der Waals surface area contributed by atoms with E-state index < -0.39 is 0 Å². The zero-order chi connectivity index (χ0) is 16.3. The van der Waals surface area contributed by atoms with Crippen LogP contribution in [0.25, 0.3) is 0 Å². The molecule has 0 aromatic heterocycles. The van der Waals surface area contributed by atoms with Crippen LogP contribution in [0.1, 0.15) is 38.2 Å². The van der Waals surface area contributed by atoms with Gasteiger partial charge in [0.25, 0.3) is 0 Å². The van der Waals surface area contributed by atoms with Crippen LogP contribution in [0.3, 0.4) is 0 Å². The van der Waals surface area contributed by atoms with Gasteiger partial charge in [-0.3, -0.25) is 0 Å². The number of anilines is 1. The van der Waals surface area contributed by atoms with E-state index in [2.05, 4.69) is 17.6 Å². The number of amides is 2. The van der Waals surface area contributed by atoms with E-state index in [0.717, 1.165) is 42.7 Å². The minimum absolute atomic E-state index is 0.155. The molecule has 3 rings (SSSR count). The van der Waals surface area contributed by atoms with Gasteiger partial charge in [0.2, 0.25) is 0 Å². The van der Waals surface area contributed by atoms with Gasteiger partial charge in [-0.25, -0.2) is 4.79 Å². The minimum Gasteiger partial charge on any atom is -0.493 e. The highest BCUT2D eigenvalue weighted by atomic mass is 16.5. The summed E-state index contributed by atoms with van der Waals surface area (Å²) in [6.45, 7) is 3.74. The van der Waals surface area contributed by atoms with Crippen molar-refractivity contribution in [3.63, 3.8) is 0 Å². The van der Waals surface area contributed by atoms with Gasteiger partial charge >= 0.3 is 6.03 Å². The van der Waals surface area contributed by atoms with Crippen molar-refractivity contribution in [1.29, 1.82) is 0 Å².